The van der Waals surface area contributed by atoms with E-state index < -0.39 is 0 Å². The summed E-state index contributed by atoms with van der Waals surface area (Å²) in [7, 11) is 1.57. The zero-order valence-corrected chi connectivity index (χ0v) is 14.2. The van der Waals surface area contributed by atoms with Gasteiger partial charge in [0.15, 0.2) is 0 Å². The molecule has 6 heteroatoms. The van der Waals surface area contributed by atoms with Crippen molar-refractivity contribution in [3.05, 3.63) is 72.9 Å². The van der Waals surface area contributed by atoms with Crippen LogP contribution in [0.4, 0.5) is 0 Å². The maximum atomic E-state index is 6.00. The molecule has 0 aliphatic carbocycles. The predicted octanol–water partition coefficient (Wildman–Crippen LogP) is 4.24. The lowest BCUT2D eigenvalue weighted by atomic mass is 10.3. The lowest BCUT2D eigenvalue weighted by Gasteiger charge is -2.09. The molecule has 0 N–H and O–H groups in total. The van der Waals surface area contributed by atoms with E-state index in [0.29, 0.717) is 29.0 Å². The standard InChI is InChI=1S/C20H16N4O2/c1-3-14-12-17-20(26-15-8-5-4-6-9-15)22-19(23-24(17)13-14)16-10-7-11-18(21-16)25-2/h3-13H,1H2,2H3. The smallest absolute Gasteiger partial charge is 0.247 e. The average Bonchev–Trinajstić information content (AvgIpc) is 3.12. The van der Waals surface area contributed by atoms with Gasteiger partial charge in [0, 0.05) is 12.3 Å². The first-order valence-corrected chi connectivity index (χ1v) is 8.04. The van der Waals surface area contributed by atoms with E-state index in [-0.39, 0.29) is 0 Å². The van der Waals surface area contributed by atoms with Crippen LogP contribution in [0.2, 0.25) is 0 Å². The van der Waals surface area contributed by atoms with Gasteiger partial charge in [-0.05, 0) is 29.8 Å². The fraction of sp³-hybridized carbons (Fsp3) is 0.0500. The second-order valence-electron chi connectivity index (χ2n) is 5.53. The number of methoxy groups -OCH3 is 1. The summed E-state index contributed by atoms with van der Waals surface area (Å²) in [6.45, 7) is 3.81. The number of para-hydroxylation sites is 1. The third kappa shape index (κ3) is 3.00. The summed E-state index contributed by atoms with van der Waals surface area (Å²) in [5.74, 6) is 2.07. The fourth-order valence-corrected chi connectivity index (χ4v) is 2.54. The molecule has 4 rings (SSSR count). The molecule has 0 bridgehead atoms. The van der Waals surface area contributed by atoms with Gasteiger partial charge in [0.1, 0.15) is 17.0 Å². The first-order valence-electron chi connectivity index (χ1n) is 8.04. The van der Waals surface area contributed by atoms with Gasteiger partial charge in [-0.15, -0.1) is 5.10 Å². The van der Waals surface area contributed by atoms with Gasteiger partial charge in [-0.25, -0.2) is 9.50 Å². The molecular formula is C20H16N4O2. The molecule has 128 valence electrons. The third-order valence-electron chi connectivity index (χ3n) is 3.81. The molecule has 0 radical (unpaired) electrons. The number of nitrogens with zero attached hydrogens (tertiary/aromatic N) is 4. The molecule has 0 spiro atoms. The van der Waals surface area contributed by atoms with Gasteiger partial charge in [-0.3, -0.25) is 0 Å². The Bertz CT molecular complexity index is 1070. The van der Waals surface area contributed by atoms with Crippen LogP contribution >= 0.6 is 0 Å². The van der Waals surface area contributed by atoms with Crippen molar-refractivity contribution in [2.75, 3.05) is 7.11 Å². The molecule has 0 amide bonds. The highest BCUT2D eigenvalue weighted by Gasteiger charge is 2.14. The van der Waals surface area contributed by atoms with Crippen molar-refractivity contribution in [2.24, 2.45) is 0 Å². The van der Waals surface area contributed by atoms with E-state index in [2.05, 4.69) is 21.6 Å². The largest absolute Gasteiger partial charge is 0.481 e. The van der Waals surface area contributed by atoms with E-state index in [4.69, 9.17) is 9.47 Å². The zero-order chi connectivity index (χ0) is 17.9. The Morgan fingerprint density at radius 1 is 1.04 bits per heavy atom. The van der Waals surface area contributed by atoms with E-state index >= 15 is 0 Å². The van der Waals surface area contributed by atoms with Crippen molar-refractivity contribution in [2.45, 2.75) is 0 Å². The normalized spacial score (nSPS) is 10.7. The second kappa shape index (κ2) is 6.68. The summed E-state index contributed by atoms with van der Waals surface area (Å²) >= 11 is 0. The molecule has 0 fully saturated rings. The Labute approximate surface area is 150 Å². The van der Waals surface area contributed by atoms with Crippen molar-refractivity contribution in [1.29, 1.82) is 0 Å². The maximum absolute atomic E-state index is 6.00. The first kappa shape index (κ1) is 15.8. The highest BCUT2D eigenvalue weighted by atomic mass is 16.5. The molecule has 6 nitrogen and oxygen atoms in total. The molecule has 3 aromatic heterocycles. The predicted molar refractivity (Wildman–Crippen MR) is 99.4 cm³/mol. The van der Waals surface area contributed by atoms with E-state index in [9.17, 15) is 0 Å². The Balaban J connectivity index is 1.87. The number of ether oxygens (including phenoxy) is 2. The Morgan fingerprint density at radius 3 is 2.65 bits per heavy atom. The Kier molecular flexibility index (Phi) is 4.07. The molecule has 0 aliphatic rings. The maximum Gasteiger partial charge on any atom is 0.247 e. The number of aromatic nitrogens is 4. The Morgan fingerprint density at radius 2 is 1.88 bits per heavy atom. The summed E-state index contributed by atoms with van der Waals surface area (Å²) in [6.07, 6.45) is 3.62. The molecule has 0 unspecified atom stereocenters. The molecule has 0 saturated carbocycles. The van der Waals surface area contributed by atoms with Gasteiger partial charge in [0.2, 0.25) is 17.6 Å². The zero-order valence-electron chi connectivity index (χ0n) is 14.2. The van der Waals surface area contributed by atoms with Gasteiger partial charge in [0.25, 0.3) is 0 Å². The monoisotopic (exact) mass is 344 g/mol. The van der Waals surface area contributed by atoms with Crippen LogP contribution in [0.1, 0.15) is 5.56 Å². The van der Waals surface area contributed by atoms with Crippen LogP contribution in [-0.2, 0) is 0 Å². The van der Waals surface area contributed by atoms with Gasteiger partial charge < -0.3 is 9.47 Å². The van der Waals surface area contributed by atoms with Crippen LogP contribution in [0.25, 0.3) is 23.1 Å². The quantitative estimate of drug-likeness (QED) is 0.542. The van der Waals surface area contributed by atoms with Crippen LogP contribution in [0.3, 0.4) is 0 Å². The van der Waals surface area contributed by atoms with Crippen molar-refractivity contribution < 1.29 is 9.47 Å². The van der Waals surface area contributed by atoms with Crippen LogP contribution in [0.5, 0.6) is 17.5 Å². The number of hydrogen-bond donors (Lipinski definition) is 0. The molecule has 4 aromatic rings. The number of rotatable bonds is 5. The fourth-order valence-electron chi connectivity index (χ4n) is 2.54. The summed E-state index contributed by atoms with van der Waals surface area (Å²) in [5, 5.41) is 4.55. The topological polar surface area (TPSA) is 61.5 Å². The Hall–Kier alpha value is -3.67. The first-order chi connectivity index (χ1) is 12.8. The SMILES string of the molecule is C=Cc1cc2c(Oc3ccccc3)nc(-c3cccc(OC)n3)nn2c1. The van der Waals surface area contributed by atoms with Crippen molar-refractivity contribution in [1.82, 2.24) is 19.6 Å². The average molecular weight is 344 g/mol. The van der Waals surface area contributed by atoms with E-state index in [1.807, 2.05) is 54.7 Å². The van der Waals surface area contributed by atoms with Gasteiger partial charge in [-0.2, -0.15) is 4.98 Å². The van der Waals surface area contributed by atoms with Gasteiger partial charge >= 0.3 is 0 Å². The number of benzene rings is 1. The lowest BCUT2D eigenvalue weighted by Crippen LogP contribution is -2.02. The van der Waals surface area contributed by atoms with Crippen LogP contribution < -0.4 is 9.47 Å². The number of hydrogen-bond acceptors (Lipinski definition) is 5. The molecule has 3 heterocycles. The third-order valence-corrected chi connectivity index (χ3v) is 3.81. The van der Waals surface area contributed by atoms with Crippen molar-refractivity contribution >= 4 is 11.6 Å². The number of pyridine rings is 1. The molecule has 1 aromatic carbocycles. The lowest BCUT2D eigenvalue weighted by molar-refractivity contribution is 0.398. The van der Waals surface area contributed by atoms with Crippen LogP contribution in [0.15, 0.2) is 67.4 Å². The van der Waals surface area contributed by atoms with Crippen LogP contribution in [0, 0.1) is 0 Å². The second-order valence-corrected chi connectivity index (χ2v) is 5.53. The summed E-state index contributed by atoms with van der Waals surface area (Å²) in [4.78, 5) is 8.99. The van der Waals surface area contributed by atoms with Crippen molar-refractivity contribution in [3.63, 3.8) is 0 Å². The summed E-state index contributed by atoms with van der Waals surface area (Å²) < 4.78 is 12.9. The van der Waals surface area contributed by atoms with E-state index in [1.54, 1.807) is 23.8 Å². The molecule has 0 aliphatic heterocycles. The minimum atomic E-state index is 0.438. The summed E-state index contributed by atoms with van der Waals surface area (Å²) in [6, 6.07) is 16.9. The highest BCUT2D eigenvalue weighted by Crippen LogP contribution is 2.28. The number of fused-ring (bicyclic) bond motifs is 1. The van der Waals surface area contributed by atoms with E-state index in [1.165, 1.54) is 0 Å². The molecule has 0 atom stereocenters. The highest BCUT2D eigenvalue weighted by molar-refractivity contribution is 5.66. The van der Waals surface area contributed by atoms with E-state index in [0.717, 1.165) is 11.1 Å². The minimum Gasteiger partial charge on any atom is -0.481 e. The molecular weight excluding hydrogens is 328 g/mol. The molecule has 26 heavy (non-hydrogen) atoms. The van der Waals surface area contributed by atoms with Crippen molar-refractivity contribution in [3.8, 4) is 29.0 Å². The van der Waals surface area contributed by atoms with Gasteiger partial charge in [0.05, 0.1) is 7.11 Å². The van der Waals surface area contributed by atoms with Gasteiger partial charge in [-0.1, -0.05) is 36.9 Å². The minimum absolute atomic E-state index is 0.438. The summed E-state index contributed by atoms with van der Waals surface area (Å²) in [5.41, 5.74) is 2.27. The van der Waals surface area contributed by atoms with Crippen LogP contribution in [-0.4, -0.2) is 26.7 Å². The molecule has 0 saturated heterocycles.